The van der Waals surface area contributed by atoms with Gasteiger partial charge in [0.15, 0.2) is 0 Å². The van der Waals surface area contributed by atoms with Gasteiger partial charge < -0.3 is 29.2 Å². The maximum absolute atomic E-state index is 12.6. The van der Waals surface area contributed by atoms with Crippen molar-refractivity contribution in [3.05, 3.63) is 22.3 Å². The SMILES string of the molecule is CCCCOC(=O)CC[C@@]1(C)[C@H]2Cc3c(c(C)c4c(c3OC)C(=O)OC4)O[C@@]2(C)C[C@@H](O)[C@H]1C(C)(C)O. The number of aliphatic hydroxyl groups is 2. The van der Waals surface area contributed by atoms with Crippen LogP contribution in [0.2, 0.25) is 0 Å². The van der Waals surface area contributed by atoms with Crippen LogP contribution in [0.5, 0.6) is 11.5 Å². The second kappa shape index (κ2) is 9.77. The zero-order chi connectivity index (χ0) is 27.3. The Kier molecular flexibility index (Phi) is 7.32. The number of carbonyl (C=O) groups is 2. The van der Waals surface area contributed by atoms with Gasteiger partial charge in [-0.05, 0) is 57.9 Å². The number of fused-ring (bicyclic) bond motifs is 3. The predicted molar refractivity (Wildman–Crippen MR) is 137 cm³/mol. The topological polar surface area (TPSA) is 112 Å². The predicted octanol–water partition coefficient (Wildman–Crippen LogP) is 4.27. The van der Waals surface area contributed by atoms with Crippen LogP contribution in [-0.4, -0.2) is 53.2 Å². The fourth-order valence-corrected chi connectivity index (χ4v) is 7.51. The normalized spacial score (nSPS) is 30.5. The molecule has 0 spiro atoms. The number of hydrogen-bond donors (Lipinski definition) is 2. The highest BCUT2D eigenvalue weighted by Gasteiger charge is 2.63. The van der Waals surface area contributed by atoms with E-state index in [2.05, 4.69) is 0 Å². The number of esters is 2. The van der Waals surface area contributed by atoms with Crippen molar-refractivity contribution in [2.24, 2.45) is 17.3 Å². The van der Waals surface area contributed by atoms with Gasteiger partial charge in [-0.1, -0.05) is 20.3 Å². The van der Waals surface area contributed by atoms with Crippen LogP contribution in [0.4, 0.5) is 0 Å². The van der Waals surface area contributed by atoms with Gasteiger partial charge in [-0.3, -0.25) is 4.79 Å². The molecule has 8 nitrogen and oxygen atoms in total. The minimum atomic E-state index is -1.20. The molecule has 0 amide bonds. The second-order valence-electron chi connectivity index (χ2n) is 12.0. The Morgan fingerprint density at radius 2 is 1.95 bits per heavy atom. The van der Waals surface area contributed by atoms with Crippen LogP contribution in [0.15, 0.2) is 0 Å². The summed E-state index contributed by atoms with van der Waals surface area (Å²) in [5, 5.41) is 22.7. The molecule has 2 aliphatic heterocycles. The molecule has 3 aliphatic rings. The van der Waals surface area contributed by atoms with E-state index in [-0.39, 0.29) is 24.9 Å². The van der Waals surface area contributed by atoms with Crippen LogP contribution in [0.3, 0.4) is 0 Å². The lowest BCUT2D eigenvalue weighted by atomic mass is 9.48. The van der Waals surface area contributed by atoms with Gasteiger partial charge in [-0.15, -0.1) is 0 Å². The van der Waals surface area contributed by atoms with Crippen LogP contribution in [-0.2, 0) is 27.3 Å². The molecule has 0 unspecified atom stereocenters. The van der Waals surface area contributed by atoms with Crippen LogP contribution < -0.4 is 9.47 Å². The number of carbonyl (C=O) groups excluding carboxylic acids is 2. The molecule has 0 aromatic heterocycles. The van der Waals surface area contributed by atoms with E-state index in [1.165, 1.54) is 0 Å². The lowest BCUT2D eigenvalue weighted by Gasteiger charge is -2.61. The number of methoxy groups -OCH3 is 1. The van der Waals surface area contributed by atoms with Crippen molar-refractivity contribution in [1.82, 2.24) is 0 Å². The number of hydrogen-bond acceptors (Lipinski definition) is 8. The van der Waals surface area contributed by atoms with Crippen molar-refractivity contribution < 1.29 is 38.7 Å². The summed E-state index contributed by atoms with van der Waals surface area (Å²) in [4.78, 5) is 25.2. The molecule has 1 saturated carbocycles. The average Bonchev–Trinajstić information content (AvgIpc) is 3.18. The Morgan fingerprint density at radius 3 is 2.57 bits per heavy atom. The highest BCUT2D eigenvalue weighted by atomic mass is 16.5. The van der Waals surface area contributed by atoms with Crippen molar-refractivity contribution in [1.29, 1.82) is 0 Å². The number of cyclic esters (lactones) is 1. The first-order valence-corrected chi connectivity index (χ1v) is 13.4. The summed E-state index contributed by atoms with van der Waals surface area (Å²) in [6.07, 6.45) is 2.33. The Morgan fingerprint density at radius 1 is 1.24 bits per heavy atom. The average molecular weight is 519 g/mol. The first kappa shape index (κ1) is 27.7. The summed E-state index contributed by atoms with van der Waals surface area (Å²) in [5.41, 5.74) is 0.198. The van der Waals surface area contributed by atoms with Crippen LogP contribution >= 0.6 is 0 Å². The quantitative estimate of drug-likeness (QED) is 0.388. The Balaban J connectivity index is 1.79. The van der Waals surface area contributed by atoms with E-state index in [1.807, 2.05) is 27.7 Å². The third kappa shape index (κ3) is 4.60. The van der Waals surface area contributed by atoms with E-state index in [0.29, 0.717) is 42.9 Å². The third-order valence-corrected chi connectivity index (χ3v) is 9.00. The standard InChI is InChI=1S/C29H42O8/c1-8-9-12-35-21(31)10-11-28(5)20-13-17-23(16(2)18-15-36-26(32)22(18)24(17)34-7)37-29(20,6)14-19(30)25(28)27(3,4)33/h19-20,25,30,33H,8-15H2,1-7H3/t19-,20-,25+,28+,29+/m1/s1. The molecule has 1 fully saturated rings. The molecule has 2 heterocycles. The lowest BCUT2D eigenvalue weighted by molar-refractivity contribution is -0.213. The maximum atomic E-state index is 12.6. The summed E-state index contributed by atoms with van der Waals surface area (Å²) in [7, 11) is 1.54. The molecule has 8 heteroatoms. The van der Waals surface area contributed by atoms with Gasteiger partial charge in [0.25, 0.3) is 0 Å². The van der Waals surface area contributed by atoms with Gasteiger partial charge in [-0.25, -0.2) is 4.79 Å². The lowest BCUT2D eigenvalue weighted by Crippen LogP contribution is -2.66. The van der Waals surface area contributed by atoms with E-state index in [9.17, 15) is 19.8 Å². The van der Waals surface area contributed by atoms with Gasteiger partial charge in [0.2, 0.25) is 0 Å². The maximum Gasteiger partial charge on any atom is 0.342 e. The number of rotatable bonds is 8. The van der Waals surface area contributed by atoms with Crippen molar-refractivity contribution in [2.45, 2.75) is 104 Å². The van der Waals surface area contributed by atoms with Crippen molar-refractivity contribution >= 4 is 11.9 Å². The molecule has 0 radical (unpaired) electrons. The molecule has 206 valence electrons. The van der Waals surface area contributed by atoms with E-state index in [0.717, 1.165) is 29.5 Å². The van der Waals surface area contributed by atoms with Gasteiger partial charge in [0, 0.05) is 35.8 Å². The molecule has 1 aliphatic carbocycles. The third-order valence-electron chi connectivity index (χ3n) is 9.00. The molecular formula is C29H42O8. The summed E-state index contributed by atoms with van der Waals surface area (Å²) in [6, 6.07) is 0. The zero-order valence-electron chi connectivity index (χ0n) is 23.2. The van der Waals surface area contributed by atoms with Crippen LogP contribution in [0.25, 0.3) is 0 Å². The van der Waals surface area contributed by atoms with Crippen molar-refractivity contribution in [2.75, 3.05) is 13.7 Å². The summed E-state index contributed by atoms with van der Waals surface area (Å²) in [6.45, 7) is 12.0. The van der Waals surface area contributed by atoms with Crippen LogP contribution in [0, 0.1) is 24.2 Å². The number of ether oxygens (including phenoxy) is 4. The van der Waals surface area contributed by atoms with Gasteiger partial charge >= 0.3 is 11.9 Å². The van der Waals surface area contributed by atoms with E-state index in [1.54, 1.807) is 21.0 Å². The van der Waals surface area contributed by atoms with Gasteiger partial charge in [0.05, 0.1) is 25.4 Å². The number of unbranched alkanes of at least 4 members (excludes halogenated alkanes) is 1. The molecule has 37 heavy (non-hydrogen) atoms. The van der Waals surface area contributed by atoms with Crippen molar-refractivity contribution in [3.8, 4) is 11.5 Å². The summed E-state index contributed by atoms with van der Waals surface area (Å²) in [5.74, 6) is -0.248. The first-order chi connectivity index (χ1) is 17.3. The van der Waals surface area contributed by atoms with E-state index >= 15 is 0 Å². The molecule has 4 rings (SSSR count). The minimum Gasteiger partial charge on any atom is -0.495 e. The second-order valence-corrected chi connectivity index (χ2v) is 12.0. The Hall–Kier alpha value is -2.32. The first-order valence-electron chi connectivity index (χ1n) is 13.4. The molecule has 5 atom stereocenters. The Bertz CT molecular complexity index is 1070. The largest absolute Gasteiger partial charge is 0.495 e. The van der Waals surface area contributed by atoms with Gasteiger partial charge in [0.1, 0.15) is 29.3 Å². The number of benzene rings is 1. The monoisotopic (exact) mass is 518 g/mol. The van der Waals surface area contributed by atoms with Crippen LogP contribution in [0.1, 0.15) is 93.8 Å². The van der Waals surface area contributed by atoms with Gasteiger partial charge in [-0.2, -0.15) is 0 Å². The molecule has 1 aromatic carbocycles. The zero-order valence-corrected chi connectivity index (χ0v) is 23.2. The number of aliphatic hydroxyl groups excluding tert-OH is 1. The smallest absolute Gasteiger partial charge is 0.342 e. The molecule has 2 N–H and O–H groups in total. The highest BCUT2D eigenvalue weighted by Crippen LogP contribution is 2.61. The molecular weight excluding hydrogens is 476 g/mol. The molecule has 0 saturated heterocycles. The summed E-state index contributed by atoms with van der Waals surface area (Å²) < 4.78 is 23.3. The minimum absolute atomic E-state index is 0.172. The fourth-order valence-electron chi connectivity index (χ4n) is 7.51. The molecule has 0 bridgehead atoms. The Labute approximate surface area is 219 Å². The molecule has 1 aromatic rings. The summed E-state index contributed by atoms with van der Waals surface area (Å²) >= 11 is 0. The van der Waals surface area contributed by atoms with E-state index < -0.39 is 34.6 Å². The van der Waals surface area contributed by atoms with Crippen molar-refractivity contribution in [3.63, 3.8) is 0 Å². The highest BCUT2D eigenvalue weighted by molar-refractivity contribution is 5.98. The fraction of sp³-hybridized carbons (Fsp3) is 0.724. The van der Waals surface area contributed by atoms with E-state index in [4.69, 9.17) is 18.9 Å².